The second kappa shape index (κ2) is 30.8. The Balaban J connectivity index is 0.000000427. The summed E-state index contributed by atoms with van der Waals surface area (Å²) in [5.41, 5.74) is 34.8. The Bertz CT molecular complexity index is 2840. The van der Waals surface area contributed by atoms with Crippen molar-refractivity contribution in [1.82, 2.24) is 0 Å². The van der Waals surface area contributed by atoms with Crippen molar-refractivity contribution in [3.05, 3.63) is 129 Å². The van der Waals surface area contributed by atoms with Gasteiger partial charge in [0.05, 0.1) is 4.86 Å². The fraction of sp³-hybridized carbons (Fsp3) is 0.169. The van der Waals surface area contributed by atoms with Crippen LogP contribution in [-0.2, 0) is 40.8 Å². The van der Waals surface area contributed by atoms with E-state index in [1.54, 1.807) is 0 Å². The first kappa shape index (κ1) is 53.3. The summed E-state index contributed by atoms with van der Waals surface area (Å²) >= 11 is 6.26. The van der Waals surface area contributed by atoms with Crippen molar-refractivity contribution in [2.24, 2.45) is 11.5 Å². The van der Waals surface area contributed by atoms with Gasteiger partial charge in [-0.1, -0.05) is 85.0 Å². The standard InChI is InChI=1S/C45H24P2S.C14H16N2.2ClH.Ru/c1-5-9-13-21-33-46(34-22-14-10-6-2)41-31-29-37-25-17-19-27-39(37)43(41)45(48)44-40-28-20-18-26-38(40)30-32-42(44)47(35-23-15-11-7-3)36-24-16-12-8-4;15-13(11-7-3-1-4-8-11)14(16)12-9-5-2-6-10-12;;;/h1-4,29-32H,17-20,25-28H2;1-10,13-14H,15-16H2;2*1H;/q;;;;+4. The van der Waals surface area contributed by atoms with Gasteiger partial charge in [-0.05, 0) is 144 Å². The number of terminal acetylenes is 4. The van der Waals surface area contributed by atoms with Crippen LogP contribution in [0.15, 0.2) is 84.9 Å². The van der Waals surface area contributed by atoms with Crippen LogP contribution in [0.2, 0.25) is 0 Å². The van der Waals surface area contributed by atoms with Crippen LogP contribution < -0.4 is 22.1 Å². The molecule has 0 saturated heterocycles. The third-order valence-electron chi connectivity index (χ3n) is 10.4. The Kier molecular flexibility index (Phi) is 24.5. The quantitative estimate of drug-likeness (QED) is 0.0640. The van der Waals surface area contributed by atoms with Crippen LogP contribution in [-0.4, -0.2) is 4.86 Å². The summed E-state index contributed by atoms with van der Waals surface area (Å²) < 4.78 is 0. The molecule has 0 saturated carbocycles. The van der Waals surface area contributed by atoms with Gasteiger partial charge in [0.2, 0.25) is 0 Å². The average Bonchev–Trinajstić information content (AvgIpc) is 3.37. The third kappa shape index (κ3) is 16.5. The molecule has 0 spiro atoms. The molecule has 322 valence electrons. The first-order chi connectivity index (χ1) is 32.8. The molecule has 6 rings (SSSR count). The van der Waals surface area contributed by atoms with E-state index in [1.807, 2.05) is 60.7 Å². The topological polar surface area (TPSA) is 52.0 Å². The maximum absolute atomic E-state index is 6.61. The van der Waals surface area contributed by atoms with E-state index in [0.29, 0.717) is 0 Å². The molecular formula is C59H42Cl2N2P2RuS+4. The molecule has 0 fully saturated rings. The zero-order valence-corrected chi connectivity index (χ0v) is 42.4. The summed E-state index contributed by atoms with van der Waals surface area (Å²) in [5, 5.41) is 2.00. The van der Waals surface area contributed by atoms with E-state index in [4.69, 9.17) is 68.8 Å². The van der Waals surface area contributed by atoms with Crippen LogP contribution >= 0.6 is 47.4 Å². The molecule has 4 aromatic rings. The van der Waals surface area contributed by atoms with Crippen LogP contribution in [0.3, 0.4) is 0 Å². The summed E-state index contributed by atoms with van der Waals surface area (Å²) in [6.07, 6.45) is 29.6. The number of nitrogens with two attached hydrogens (primary N) is 2. The van der Waals surface area contributed by atoms with Crippen LogP contribution in [0, 0.1) is 143 Å². The number of thiocarbonyl (C=S) groups is 1. The first-order valence-corrected chi connectivity index (χ1v) is 28.6. The van der Waals surface area contributed by atoms with Crippen molar-refractivity contribution in [2.75, 3.05) is 0 Å². The van der Waals surface area contributed by atoms with E-state index < -0.39 is 15.8 Å². The molecule has 0 amide bonds. The van der Waals surface area contributed by atoms with Gasteiger partial charge in [0.15, 0.2) is 15.8 Å². The van der Waals surface area contributed by atoms with Gasteiger partial charge >= 0.3 is 34.5 Å². The normalized spacial score (nSPS) is 11.6. The molecule has 2 atom stereocenters. The minimum atomic E-state index is -1.86. The van der Waals surface area contributed by atoms with E-state index in [9.17, 15) is 0 Å². The van der Waals surface area contributed by atoms with Crippen molar-refractivity contribution in [3.8, 4) is 143 Å². The van der Waals surface area contributed by atoms with E-state index in [2.05, 4.69) is 142 Å². The van der Waals surface area contributed by atoms with E-state index >= 15 is 0 Å². The van der Waals surface area contributed by atoms with Crippen LogP contribution in [0.5, 0.6) is 0 Å². The van der Waals surface area contributed by atoms with Gasteiger partial charge in [0.1, 0.15) is 33.3 Å². The zero-order chi connectivity index (χ0) is 48.1. The molecule has 8 heteroatoms. The predicted octanol–water partition coefficient (Wildman–Crippen LogP) is 9.04. The molecule has 67 heavy (non-hydrogen) atoms. The van der Waals surface area contributed by atoms with Crippen LogP contribution in [0.25, 0.3) is 0 Å². The number of aryl methyl sites for hydroxylation is 2. The number of halogens is 2. The number of rotatable bonds is 7. The van der Waals surface area contributed by atoms with Gasteiger partial charge in [0.25, 0.3) is 0 Å². The van der Waals surface area contributed by atoms with Crippen LogP contribution in [0.4, 0.5) is 0 Å². The summed E-state index contributed by atoms with van der Waals surface area (Å²) in [4.78, 5) is 0.767. The number of fused-ring (bicyclic) bond motifs is 2. The SMILES string of the molecule is C#CC#CC#C[PH+](C#CC#CC#C)c1ccc2c(c1C(=S)c1c([PH+](C#CC#CC#C)C#CC#CC#C)ccc3c1CCCC3)CCCC2.NC(c1ccccc1)C(N)c1ccccc1.[Cl][Ru+2][Cl]. The van der Waals surface area contributed by atoms with Crippen molar-refractivity contribution in [2.45, 2.75) is 63.5 Å². The fourth-order valence-electron chi connectivity index (χ4n) is 7.46. The number of benzene rings is 4. The fourth-order valence-corrected chi connectivity index (χ4v) is 11.1. The van der Waals surface area contributed by atoms with Gasteiger partial charge in [-0.3, -0.25) is 0 Å². The van der Waals surface area contributed by atoms with Crippen LogP contribution in [0.1, 0.15) is 82.3 Å². The molecule has 2 aliphatic rings. The number of hydrogen-bond donors (Lipinski definition) is 2. The van der Waals surface area contributed by atoms with E-state index in [-0.39, 0.29) is 27.2 Å². The Morgan fingerprint density at radius 3 is 1.10 bits per heavy atom. The minimum absolute atomic E-state index is 0.163. The average molecular weight is 1040 g/mol. The molecule has 0 heterocycles. The molecule has 4 aromatic carbocycles. The monoisotopic (exact) mass is 1040 g/mol. The summed E-state index contributed by atoms with van der Waals surface area (Å²) in [5.74, 6) is 42.2. The van der Waals surface area contributed by atoms with E-state index in [0.717, 1.165) is 89.1 Å². The number of hydrogen-bond acceptors (Lipinski definition) is 3. The van der Waals surface area contributed by atoms with E-state index in [1.165, 1.54) is 22.3 Å². The van der Waals surface area contributed by atoms with Gasteiger partial charge in [-0.25, -0.2) is 0 Å². The Labute approximate surface area is 422 Å². The third-order valence-corrected chi connectivity index (χ3v) is 14.2. The predicted molar refractivity (Wildman–Crippen MR) is 289 cm³/mol. The first-order valence-electron chi connectivity index (χ1n) is 20.8. The Morgan fingerprint density at radius 2 is 0.791 bits per heavy atom. The maximum atomic E-state index is 6.61. The summed E-state index contributed by atoms with van der Waals surface area (Å²) in [6.45, 7) is 0. The van der Waals surface area contributed by atoms with Gasteiger partial charge in [-0.2, -0.15) is 0 Å². The van der Waals surface area contributed by atoms with Crippen molar-refractivity contribution < 1.29 is 15.1 Å². The Morgan fingerprint density at radius 1 is 0.478 bits per heavy atom. The molecule has 2 nitrogen and oxygen atoms in total. The molecule has 2 aliphatic carbocycles. The molecule has 2 unspecified atom stereocenters. The van der Waals surface area contributed by atoms with Crippen molar-refractivity contribution >= 4 is 62.9 Å². The molecule has 0 aromatic heterocycles. The summed E-state index contributed by atoms with van der Waals surface area (Å²) in [7, 11) is 5.98. The molecule has 4 N–H and O–H groups in total. The molecule has 0 aliphatic heterocycles. The summed E-state index contributed by atoms with van der Waals surface area (Å²) in [6, 6.07) is 28.2. The molecule has 0 radical (unpaired) electrons. The van der Waals surface area contributed by atoms with Gasteiger partial charge in [0, 0.05) is 70.6 Å². The molecule has 0 bridgehead atoms. The van der Waals surface area contributed by atoms with Crippen molar-refractivity contribution in [1.29, 1.82) is 0 Å². The Hall–Kier alpha value is -6.33. The second-order valence-corrected chi connectivity index (χ2v) is 20.9. The zero-order valence-electron chi connectivity index (χ0n) is 36.4. The van der Waals surface area contributed by atoms with Crippen molar-refractivity contribution in [3.63, 3.8) is 0 Å². The van der Waals surface area contributed by atoms with Gasteiger partial charge in [-0.15, -0.1) is 25.7 Å². The van der Waals surface area contributed by atoms with Gasteiger partial charge < -0.3 is 11.5 Å². The molecular weight excluding hydrogens is 1000 g/mol. The second-order valence-electron chi connectivity index (χ2n) is 14.2.